The monoisotopic (exact) mass is 276 g/mol. The van der Waals surface area contributed by atoms with Crippen molar-refractivity contribution in [2.75, 3.05) is 14.2 Å². The van der Waals surface area contributed by atoms with E-state index in [1.165, 1.54) is 20.3 Å². The van der Waals surface area contributed by atoms with E-state index in [0.717, 1.165) is 6.07 Å². The van der Waals surface area contributed by atoms with Crippen LogP contribution in [0, 0.1) is 0 Å². The molecule has 0 aromatic heterocycles. The maximum atomic E-state index is 11.2. The van der Waals surface area contributed by atoms with Gasteiger partial charge < -0.3 is 14.6 Å². The molecule has 0 heterocycles. The lowest BCUT2D eigenvalue weighted by Gasteiger charge is -2.12. The van der Waals surface area contributed by atoms with Gasteiger partial charge in [0.15, 0.2) is 11.5 Å². The van der Waals surface area contributed by atoms with Crippen LogP contribution in [0.4, 0.5) is 0 Å². The second kappa shape index (κ2) is 5.23. The summed E-state index contributed by atoms with van der Waals surface area (Å²) in [5.41, 5.74) is 0.174. The maximum absolute atomic E-state index is 11.2. The highest BCUT2D eigenvalue weighted by Gasteiger charge is 2.22. The molecule has 1 aromatic carbocycles. The third kappa shape index (κ3) is 3.11. The van der Waals surface area contributed by atoms with Crippen LogP contribution in [0.15, 0.2) is 17.0 Å². The highest BCUT2D eigenvalue weighted by molar-refractivity contribution is 7.86. The zero-order valence-corrected chi connectivity index (χ0v) is 10.5. The Bertz CT molecular complexity index is 562. The van der Waals surface area contributed by atoms with Gasteiger partial charge in [-0.2, -0.15) is 8.42 Å². The Morgan fingerprint density at radius 1 is 1.28 bits per heavy atom. The van der Waals surface area contributed by atoms with Crippen molar-refractivity contribution in [3.05, 3.63) is 17.7 Å². The van der Waals surface area contributed by atoms with Gasteiger partial charge in [-0.25, -0.2) is 0 Å². The summed E-state index contributed by atoms with van der Waals surface area (Å²) in [7, 11) is -2.05. The van der Waals surface area contributed by atoms with E-state index in [9.17, 15) is 13.2 Å². The van der Waals surface area contributed by atoms with Crippen molar-refractivity contribution < 1.29 is 32.3 Å². The number of carboxylic acid groups (broad SMARTS) is 1. The number of aliphatic carboxylic acids is 1. The Labute approximate surface area is 104 Å². The van der Waals surface area contributed by atoms with E-state index < -0.39 is 27.4 Å². The quantitative estimate of drug-likeness (QED) is 0.757. The van der Waals surface area contributed by atoms with Gasteiger partial charge in [0.05, 0.1) is 20.6 Å². The Morgan fingerprint density at radius 2 is 1.89 bits per heavy atom. The molecule has 8 heteroatoms. The minimum atomic E-state index is -4.53. The van der Waals surface area contributed by atoms with E-state index in [1.807, 2.05) is 0 Å². The molecule has 0 aliphatic carbocycles. The fraction of sp³-hybridized carbons (Fsp3) is 0.300. The van der Waals surface area contributed by atoms with Crippen LogP contribution >= 0.6 is 0 Å². The van der Waals surface area contributed by atoms with Crippen LogP contribution in [0.1, 0.15) is 5.56 Å². The molecule has 0 spiro atoms. The molecule has 0 bridgehead atoms. The van der Waals surface area contributed by atoms with Crippen molar-refractivity contribution in [1.82, 2.24) is 0 Å². The second-order valence-electron chi connectivity index (χ2n) is 3.38. The standard InChI is InChI=1S/C10H12O7S/c1-16-7-3-6(5-9(11)12)4-8(10(7)17-2)18(13,14)15/h3-4H,5H2,1-2H3,(H,11,12)(H,13,14,15). The lowest BCUT2D eigenvalue weighted by Crippen LogP contribution is -2.07. The first-order chi connectivity index (χ1) is 8.29. The predicted octanol–water partition coefficient (Wildman–Crippen LogP) is 0.578. The fourth-order valence-corrected chi connectivity index (χ4v) is 2.17. The van der Waals surface area contributed by atoms with Gasteiger partial charge in [-0.15, -0.1) is 0 Å². The molecule has 18 heavy (non-hydrogen) atoms. The lowest BCUT2D eigenvalue weighted by molar-refractivity contribution is -0.136. The van der Waals surface area contributed by atoms with Gasteiger partial charge in [0.1, 0.15) is 4.90 Å². The summed E-state index contributed by atoms with van der Waals surface area (Å²) < 4.78 is 41.2. The third-order valence-corrected chi connectivity index (χ3v) is 3.00. The number of ether oxygens (including phenoxy) is 2. The molecule has 100 valence electrons. The average Bonchev–Trinajstić information content (AvgIpc) is 2.25. The fourth-order valence-electron chi connectivity index (χ4n) is 1.45. The van der Waals surface area contributed by atoms with Gasteiger partial charge in [0.2, 0.25) is 0 Å². The number of carbonyl (C=O) groups is 1. The molecule has 2 N–H and O–H groups in total. The van der Waals surface area contributed by atoms with Crippen LogP contribution in [0.2, 0.25) is 0 Å². The molecular formula is C10H12O7S. The highest BCUT2D eigenvalue weighted by Crippen LogP contribution is 2.35. The number of hydrogen-bond acceptors (Lipinski definition) is 5. The molecule has 7 nitrogen and oxygen atoms in total. The number of rotatable bonds is 5. The Balaban J connectivity index is 3.50. The minimum absolute atomic E-state index is 0.0314. The van der Waals surface area contributed by atoms with Crippen molar-refractivity contribution in [2.24, 2.45) is 0 Å². The molecule has 0 amide bonds. The first-order valence-corrected chi connectivity index (χ1v) is 6.17. The lowest BCUT2D eigenvalue weighted by atomic mass is 10.1. The summed E-state index contributed by atoms with van der Waals surface area (Å²) >= 11 is 0. The van der Waals surface area contributed by atoms with Gasteiger partial charge in [0, 0.05) is 0 Å². The molecule has 1 aromatic rings. The summed E-state index contributed by atoms with van der Waals surface area (Å²) in [4.78, 5) is 10.1. The molecule has 0 saturated carbocycles. The Hall–Kier alpha value is -1.80. The third-order valence-electron chi connectivity index (χ3n) is 2.14. The van der Waals surface area contributed by atoms with Crippen molar-refractivity contribution >= 4 is 16.1 Å². The second-order valence-corrected chi connectivity index (χ2v) is 4.77. The van der Waals surface area contributed by atoms with E-state index >= 15 is 0 Å². The molecule has 1 rings (SSSR count). The summed E-state index contributed by atoms with van der Waals surface area (Å²) in [6.07, 6.45) is -0.400. The van der Waals surface area contributed by atoms with E-state index in [2.05, 4.69) is 0 Å². The summed E-state index contributed by atoms with van der Waals surface area (Å²) in [6.45, 7) is 0. The van der Waals surface area contributed by atoms with Crippen molar-refractivity contribution in [3.63, 3.8) is 0 Å². The maximum Gasteiger partial charge on any atom is 0.307 e. The van der Waals surface area contributed by atoms with E-state index in [4.69, 9.17) is 19.1 Å². The van der Waals surface area contributed by atoms with Crippen molar-refractivity contribution in [1.29, 1.82) is 0 Å². The largest absolute Gasteiger partial charge is 0.493 e. The zero-order chi connectivity index (χ0) is 13.9. The van der Waals surface area contributed by atoms with E-state index in [-0.39, 0.29) is 17.1 Å². The van der Waals surface area contributed by atoms with Crippen LogP contribution < -0.4 is 9.47 Å². The van der Waals surface area contributed by atoms with Crippen molar-refractivity contribution in [3.8, 4) is 11.5 Å². The Kier molecular flexibility index (Phi) is 4.15. The molecule has 0 unspecified atom stereocenters. The molecular weight excluding hydrogens is 264 g/mol. The van der Waals surface area contributed by atoms with Crippen molar-refractivity contribution in [2.45, 2.75) is 11.3 Å². The molecule has 0 saturated heterocycles. The zero-order valence-electron chi connectivity index (χ0n) is 9.71. The van der Waals surface area contributed by atoms with E-state index in [1.54, 1.807) is 0 Å². The van der Waals surface area contributed by atoms with E-state index in [0.29, 0.717) is 0 Å². The SMILES string of the molecule is COc1cc(CC(=O)O)cc(S(=O)(=O)O)c1OC. The Morgan fingerprint density at radius 3 is 2.28 bits per heavy atom. The topological polar surface area (TPSA) is 110 Å². The molecule has 0 radical (unpaired) electrons. The first-order valence-electron chi connectivity index (χ1n) is 4.73. The number of methoxy groups -OCH3 is 2. The normalized spacial score (nSPS) is 11.1. The van der Waals surface area contributed by atoms with Crippen LogP contribution in [-0.2, 0) is 21.3 Å². The summed E-state index contributed by atoms with van der Waals surface area (Å²) in [5, 5.41) is 8.67. The molecule has 0 aliphatic rings. The smallest absolute Gasteiger partial charge is 0.307 e. The number of hydrogen-bond donors (Lipinski definition) is 2. The number of carboxylic acids is 1. The van der Waals surface area contributed by atoms with Gasteiger partial charge in [-0.3, -0.25) is 9.35 Å². The first kappa shape index (κ1) is 14.3. The summed E-state index contributed by atoms with van der Waals surface area (Å²) in [5.74, 6) is -1.28. The minimum Gasteiger partial charge on any atom is -0.493 e. The molecule has 0 fully saturated rings. The number of benzene rings is 1. The van der Waals surface area contributed by atoms with Crippen LogP contribution in [-0.4, -0.2) is 38.3 Å². The van der Waals surface area contributed by atoms with Gasteiger partial charge in [-0.05, 0) is 17.7 Å². The van der Waals surface area contributed by atoms with Gasteiger partial charge >= 0.3 is 5.97 Å². The van der Waals surface area contributed by atoms with Crippen LogP contribution in [0.25, 0.3) is 0 Å². The van der Waals surface area contributed by atoms with Gasteiger partial charge in [-0.1, -0.05) is 0 Å². The average molecular weight is 276 g/mol. The van der Waals surface area contributed by atoms with Crippen LogP contribution in [0.5, 0.6) is 11.5 Å². The molecule has 0 aliphatic heterocycles. The predicted molar refractivity (Wildman–Crippen MR) is 60.7 cm³/mol. The molecule has 0 atom stereocenters. The highest BCUT2D eigenvalue weighted by atomic mass is 32.2. The van der Waals surface area contributed by atoms with Gasteiger partial charge in [0.25, 0.3) is 10.1 Å². The van der Waals surface area contributed by atoms with Crippen LogP contribution in [0.3, 0.4) is 0 Å². The summed E-state index contributed by atoms with van der Waals surface area (Å²) in [6, 6.07) is 2.37.